The number of amides is 2. The number of allylic oxidation sites excluding steroid dienone is 2. The number of primary amides is 1. The van der Waals surface area contributed by atoms with E-state index in [-0.39, 0.29) is 5.91 Å². The molecule has 1 aliphatic rings. The lowest BCUT2D eigenvalue weighted by molar-refractivity contribution is -0.116. The van der Waals surface area contributed by atoms with Crippen molar-refractivity contribution in [2.75, 3.05) is 5.32 Å². The first-order valence-corrected chi connectivity index (χ1v) is 6.69. The third kappa shape index (κ3) is 3.40. The molecule has 3 N–H and O–H groups in total. The molecule has 18 heavy (non-hydrogen) atoms. The van der Waals surface area contributed by atoms with Crippen molar-refractivity contribution in [3.05, 3.63) is 23.2 Å². The Bertz CT molecular complexity index is 481. The third-order valence-electron chi connectivity index (χ3n) is 2.80. The smallest absolute Gasteiger partial charge is 0.260 e. The van der Waals surface area contributed by atoms with E-state index in [2.05, 4.69) is 22.5 Å². The van der Waals surface area contributed by atoms with E-state index in [9.17, 15) is 9.59 Å². The van der Waals surface area contributed by atoms with Crippen LogP contribution in [0.3, 0.4) is 0 Å². The van der Waals surface area contributed by atoms with Crippen molar-refractivity contribution in [2.24, 2.45) is 11.7 Å². The van der Waals surface area contributed by atoms with Crippen LogP contribution in [0.2, 0.25) is 0 Å². The van der Waals surface area contributed by atoms with E-state index in [4.69, 9.17) is 5.73 Å². The van der Waals surface area contributed by atoms with Crippen LogP contribution in [0.15, 0.2) is 18.3 Å². The Labute approximate surface area is 109 Å². The van der Waals surface area contributed by atoms with Crippen LogP contribution in [0, 0.1) is 5.92 Å². The molecular weight excluding hydrogens is 250 g/mol. The van der Waals surface area contributed by atoms with Gasteiger partial charge in [-0.15, -0.1) is 0 Å². The highest BCUT2D eigenvalue weighted by molar-refractivity contribution is 7.17. The van der Waals surface area contributed by atoms with Gasteiger partial charge in [-0.1, -0.05) is 23.5 Å². The van der Waals surface area contributed by atoms with E-state index in [0.717, 1.165) is 30.6 Å². The Morgan fingerprint density at radius 2 is 2.39 bits per heavy atom. The summed E-state index contributed by atoms with van der Waals surface area (Å²) in [5.74, 6) is -0.283. The molecule has 0 radical (unpaired) electrons. The number of nitrogens with one attached hydrogen (secondary N) is 1. The number of hydrogen-bond donors (Lipinski definition) is 2. The van der Waals surface area contributed by atoms with Gasteiger partial charge in [0.05, 0.1) is 6.20 Å². The summed E-state index contributed by atoms with van der Waals surface area (Å²) in [7, 11) is 0. The topological polar surface area (TPSA) is 85.1 Å². The Balaban J connectivity index is 1.88. The van der Waals surface area contributed by atoms with E-state index < -0.39 is 5.91 Å². The van der Waals surface area contributed by atoms with Gasteiger partial charge >= 0.3 is 0 Å². The van der Waals surface area contributed by atoms with Gasteiger partial charge in [-0.25, -0.2) is 4.98 Å². The lowest BCUT2D eigenvalue weighted by atomic mass is 9.93. The van der Waals surface area contributed by atoms with Gasteiger partial charge in [-0.2, -0.15) is 0 Å². The maximum absolute atomic E-state index is 11.8. The molecule has 1 aromatic heterocycles. The van der Waals surface area contributed by atoms with Crippen molar-refractivity contribution in [3.63, 3.8) is 0 Å². The molecule has 1 unspecified atom stereocenters. The van der Waals surface area contributed by atoms with Crippen molar-refractivity contribution in [1.29, 1.82) is 0 Å². The number of aromatic nitrogens is 1. The highest BCUT2D eigenvalue weighted by atomic mass is 32.1. The summed E-state index contributed by atoms with van der Waals surface area (Å²) in [5, 5.41) is 3.12. The molecular formula is C12H15N3O2S. The molecule has 2 amide bonds. The normalized spacial score (nSPS) is 18.6. The van der Waals surface area contributed by atoms with E-state index in [1.54, 1.807) is 0 Å². The lowest BCUT2D eigenvalue weighted by Crippen LogP contribution is -2.16. The van der Waals surface area contributed by atoms with Gasteiger partial charge in [0.1, 0.15) is 4.88 Å². The highest BCUT2D eigenvalue weighted by Gasteiger charge is 2.15. The molecule has 0 fully saturated rings. The van der Waals surface area contributed by atoms with Gasteiger partial charge in [-0.05, 0) is 25.2 Å². The van der Waals surface area contributed by atoms with Crippen LogP contribution >= 0.6 is 11.3 Å². The molecule has 0 saturated carbocycles. The van der Waals surface area contributed by atoms with Gasteiger partial charge < -0.3 is 11.1 Å². The minimum Gasteiger partial charge on any atom is -0.365 e. The number of carbonyl (C=O) groups excluding carboxylic acids is 2. The largest absolute Gasteiger partial charge is 0.365 e. The molecule has 5 nitrogen and oxygen atoms in total. The standard InChI is InChI=1S/C12H15N3O2S/c13-11(17)9-7-14-12(18-9)15-10(16)6-8-4-2-1-3-5-8/h2,4,7-8H,1,3,5-6H2,(H2,13,17)(H,14,15,16). The zero-order valence-electron chi connectivity index (χ0n) is 9.89. The average Bonchev–Trinajstić information content (AvgIpc) is 2.78. The summed E-state index contributed by atoms with van der Waals surface area (Å²) in [4.78, 5) is 26.9. The van der Waals surface area contributed by atoms with Crippen LogP contribution in [0.4, 0.5) is 5.13 Å². The van der Waals surface area contributed by atoms with E-state index in [0.29, 0.717) is 22.3 Å². The molecule has 1 aromatic rings. The molecule has 0 spiro atoms. The lowest BCUT2D eigenvalue weighted by Gasteiger charge is -2.14. The van der Waals surface area contributed by atoms with Crippen molar-refractivity contribution >= 4 is 28.3 Å². The van der Waals surface area contributed by atoms with Crippen LogP contribution < -0.4 is 11.1 Å². The molecule has 1 aliphatic carbocycles. The second-order valence-corrected chi connectivity index (χ2v) is 5.30. The second-order valence-electron chi connectivity index (χ2n) is 4.27. The number of carbonyl (C=O) groups is 2. The van der Waals surface area contributed by atoms with Crippen LogP contribution in [-0.2, 0) is 4.79 Å². The Morgan fingerprint density at radius 3 is 3.00 bits per heavy atom. The summed E-state index contributed by atoms with van der Waals surface area (Å²) in [6, 6.07) is 0. The van der Waals surface area contributed by atoms with Gasteiger partial charge in [0.25, 0.3) is 5.91 Å². The number of nitrogens with two attached hydrogens (primary N) is 1. The highest BCUT2D eigenvalue weighted by Crippen LogP contribution is 2.22. The number of thiazole rings is 1. The Hall–Kier alpha value is -1.69. The molecule has 96 valence electrons. The first-order chi connectivity index (χ1) is 8.65. The molecule has 0 aliphatic heterocycles. The summed E-state index contributed by atoms with van der Waals surface area (Å²) in [6.45, 7) is 0. The van der Waals surface area contributed by atoms with E-state index >= 15 is 0 Å². The Kier molecular flexibility index (Phi) is 4.09. The van der Waals surface area contributed by atoms with Crippen molar-refractivity contribution in [1.82, 2.24) is 4.98 Å². The quantitative estimate of drug-likeness (QED) is 0.816. The number of nitrogens with zero attached hydrogens (tertiary/aromatic N) is 1. The predicted octanol–water partition coefficient (Wildman–Crippen LogP) is 1.93. The fourth-order valence-electron chi connectivity index (χ4n) is 1.91. The second kappa shape index (κ2) is 5.77. The molecule has 2 rings (SSSR count). The van der Waals surface area contributed by atoms with E-state index in [1.165, 1.54) is 6.20 Å². The van der Waals surface area contributed by atoms with Crippen LogP contribution in [-0.4, -0.2) is 16.8 Å². The Morgan fingerprint density at radius 1 is 1.56 bits per heavy atom. The molecule has 0 saturated heterocycles. The monoisotopic (exact) mass is 265 g/mol. The van der Waals surface area contributed by atoms with Gasteiger partial charge in [0.15, 0.2) is 5.13 Å². The van der Waals surface area contributed by atoms with Gasteiger partial charge in [0.2, 0.25) is 5.91 Å². The maximum Gasteiger partial charge on any atom is 0.260 e. The van der Waals surface area contributed by atoms with E-state index in [1.807, 2.05) is 0 Å². The van der Waals surface area contributed by atoms with Crippen LogP contribution in [0.1, 0.15) is 35.4 Å². The fraction of sp³-hybridized carbons (Fsp3) is 0.417. The third-order valence-corrected chi connectivity index (χ3v) is 3.72. The van der Waals surface area contributed by atoms with Crippen molar-refractivity contribution < 1.29 is 9.59 Å². The summed E-state index contributed by atoms with van der Waals surface area (Å²) >= 11 is 1.10. The summed E-state index contributed by atoms with van der Waals surface area (Å²) in [5.41, 5.74) is 5.12. The average molecular weight is 265 g/mol. The molecule has 1 heterocycles. The number of hydrogen-bond acceptors (Lipinski definition) is 4. The number of anilines is 1. The zero-order valence-corrected chi connectivity index (χ0v) is 10.7. The molecule has 0 aromatic carbocycles. The molecule has 1 atom stereocenters. The zero-order chi connectivity index (χ0) is 13.0. The minimum atomic E-state index is -0.525. The summed E-state index contributed by atoms with van der Waals surface area (Å²) < 4.78 is 0. The minimum absolute atomic E-state index is 0.0723. The van der Waals surface area contributed by atoms with Crippen LogP contribution in [0.25, 0.3) is 0 Å². The summed E-state index contributed by atoms with van der Waals surface area (Å²) in [6.07, 6.45) is 9.35. The SMILES string of the molecule is NC(=O)c1cnc(NC(=O)CC2C=CCCC2)s1. The van der Waals surface area contributed by atoms with Crippen LogP contribution in [0.5, 0.6) is 0 Å². The first-order valence-electron chi connectivity index (χ1n) is 5.87. The van der Waals surface area contributed by atoms with Gasteiger partial charge in [0, 0.05) is 6.42 Å². The number of rotatable bonds is 4. The predicted molar refractivity (Wildman–Crippen MR) is 70.4 cm³/mol. The first kappa shape index (κ1) is 12.8. The van der Waals surface area contributed by atoms with Crippen molar-refractivity contribution in [3.8, 4) is 0 Å². The molecule has 0 bridgehead atoms. The molecule has 6 heteroatoms. The fourth-order valence-corrected chi connectivity index (χ4v) is 2.59. The van der Waals surface area contributed by atoms with Crippen molar-refractivity contribution in [2.45, 2.75) is 25.7 Å². The van der Waals surface area contributed by atoms with Gasteiger partial charge in [-0.3, -0.25) is 9.59 Å². The maximum atomic E-state index is 11.8.